The monoisotopic (exact) mass is 617 g/mol. The number of rotatable bonds is 5. The summed E-state index contributed by atoms with van der Waals surface area (Å²) in [6, 6.07) is 6.37. The molecule has 11 heteroatoms. The number of aromatic hydroxyl groups is 1. The van der Waals surface area contributed by atoms with Crippen LogP contribution in [-0.2, 0) is 4.74 Å². The van der Waals surface area contributed by atoms with Gasteiger partial charge >= 0.3 is 5.56 Å². The Kier molecular flexibility index (Phi) is 6.52. The Morgan fingerprint density at radius 1 is 1.20 bits per heavy atom. The number of fused-ring (bicyclic) bond motifs is 2. The zero-order valence-corrected chi connectivity index (χ0v) is 24.3. The van der Waals surface area contributed by atoms with Crippen LogP contribution in [0.1, 0.15) is 37.3 Å². The van der Waals surface area contributed by atoms with Gasteiger partial charge in [0.1, 0.15) is 47.7 Å². The summed E-state index contributed by atoms with van der Waals surface area (Å²) >= 11 is 0. The Balaban J connectivity index is 1.34. The largest absolute Gasteiger partial charge is 0.508 e. The molecule has 0 amide bonds. The lowest BCUT2D eigenvalue weighted by Gasteiger charge is -2.33. The third-order valence-corrected chi connectivity index (χ3v) is 10.0. The summed E-state index contributed by atoms with van der Waals surface area (Å²) in [5, 5.41) is 11.2. The fourth-order valence-corrected chi connectivity index (χ4v) is 7.90. The number of halogens is 3. The molecule has 0 saturated carbocycles. The number of hydrogen-bond donors (Lipinski definition) is 1. The first-order chi connectivity index (χ1) is 21.8. The van der Waals surface area contributed by atoms with Crippen LogP contribution in [0.3, 0.4) is 0 Å². The fourth-order valence-electron chi connectivity index (χ4n) is 7.90. The molecule has 4 aliphatic heterocycles. The van der Waals surface area contributed by atoms with Gasteiger partial charge in [0.15, 0.2) is 5.82 Å². The van der Waals surface area contributed by atoms with E-state index in [1.807, 2.05) is 0 Å². The van der Waals surface area contributed by atoms with Gasteiger partial charge in [-0.3, -0.25) is 14.3 Å². The summed E-state index contributed by atoms with van der Waals surface area (Å²) in [6.07, 6.45) is 7.32. The summed E-state index contributed by atoms with van der Waals surface area (Å²) in [4.78, 5) is 20.6. The minimum atomic E-state index is -0.984. The van der Waals surface area contributed by atoms with Crippen molar-refractivity contribution in [3.05, 3.63) is 57.9 Å². The SMILES string of the molecule is C#Cc1c(F)ccc2cc(O)cc(-c3cc4c5c(nc(OCC67CCCN6C[C@H](F)C7)c(=O)n5C(C5CCOC5)CO4)c3F)c12. The predicted octanol–water partition coefficient (Wildman–Crippen LogP) is 5.11. The molecular weight excluding hydrogens is 587 g/mol. The van der Waals surface area contributed by atoms with Crippen molar-refractivity contribution >= 4 is 21.8 Å². The van der Waals surface area contributed by atoms with Crippen molar-refractivity contribution in [1.29, 1.82) is 0 Å². The van der Waals surface area contributed by atoms with E-state index in [0.717, 1.165) is 19.4 Å². The Hall–Kier alpha value is -4.27. The first kappa shape index (κ1) is 28.2. The molecule has 0 radical (unpaired) electrons. The molecule has 232 valence electrons. The van der Waals surface area contributed by atoms with Crippen molar-refractivity contribution in [3.8, 4) is 40.8 Å². The molecule has 8 rings (SSSR count). The van der Waals surface area contributed by atoms with E-state index < -0.39 is 34.9 Å². The van der Waals surface area contributed by atoms with Crippen LogP contribution in [0.15, 0.2) is 35.1 Å². The van der Waals surface area contributed by atoms with Gasteiger partial charge < -0.3 is 19.3 Å². The molecule has 0 spiro atoms. The lowest BCUT2D eigenvalue weighted by Crippen LogP contribution is -2.44. The summed E-state index contributed by atoms with van der Waals surface area (Å²) in [5.41, 5.74) is -1.04. The van der Waals surface area contributed by atoms with E-state index >= 15 is 4.39 Å². The molecule has 4 aromatic rings. The Morgan fingerprint density at radius 3 is 2.87 bits per heavy atom. The van der Waals surface area contributed by atoms with Crippen LogP contribution in [0, 0.1) is 29.9 Å². The van der Waals surface area contributed by atoms with E-state index in [-0.39, 0.29) is 69.6 Å². The number of phenols is 1. The van der Waals surface area contributed by atoms with E-state index in [0.29, 0.717) is 38.0 Å². The second kappa shape index (κ2) is 10.4. The molecule has 4 aliphatic rings. The van der Waals surface area contributed by atoms with E-state index in [4.69, 9.17) is 20.6 Å². The van der Waals surface area contributed by atoms with Gasteiger partial charge in [0.2, 0.25) is 0 Å². The third kappa shape index (κ3) is 4.30. The zero-order chi connectivity index (χ0) is 31.0. The molecular formula is C34H30F3N3O5. The second-order valence-electron chi connectivity index (χ2n) is 12.5. The van der Waals surface area contributed by atoms with E-state index in [2.05, 4.69) is 15.8 Å². The highest BCUT2D eigenvalue weighted by Gasteiger charge is 2.49. The van der Waals surface area contributed by atoms with Gasteiger partial charge in [-0.15, -0.1) is 6.42 Å². The molecule has 3 fully saturated rings. The van der Waals surface area contributed by atoms with Gasteiger partial charge in [-0.1, -0.05) is 12.0 Å². The quantitative estimate of drug-likeness (QED) is 0.312. The van der Waals surface area contributed by atoms with Gasteiger partial charge in [-0.2, -0.15) is 0 Å². The van der Waals surface area contributed by atoms with Crippen molar-refractivity contribution in [2.45, 2.75) is 43.4 Å². The standard InChI is InChI=1S/C34H30F3N3O5/c1-2-22-25(36)5-4-18-10-21(41)11-23(28(18)22)24-12-27-31-30(29(24)37)38-32(45-17-34-7-3-8-39(34)14-20(35)13-34)33(42)40(31)26(16-44-27)19-6-9-43-15-19/h1,4-5,10-12,19-20,26,41H,3,6-9,13-17H2/t19?,20-,26?,34?/m1/s1. The molecule has 5 heterocycles. The van der Waals surface area contributed by atoms with Crippen LogP contribution in [0.5, 0.6) is 17.4 Å². The lowest BCUT2D eigenvalue weighted by atomic mass is 9.92. The van der Waals surface area contributed by atoms with Crippen LogP contribution in [0.25, 0.3) is 32.9 Å². The van der Waals surface area contributed by atoms with Crippen LogP contribution >= 0.6 is 0 Å². The summed E-state index contributed by atoms with van der Waals surface area (Å²) in [6.45, 7) is 2.19. The van der Waals surface area contributed by atoms with Crippen LogP contribution in [0.2, 0.25) is 0 Å². The minimum Gasteiger partial charge on any atom is -0.508 e. The number of hydrogen-bond acceptors (Lipinski definition) is 7. The predicted molar refractivity (Wildman–Crippen MR) is 160 cm³/mol. The van der Waals surface area contributed by atoms with E-state index in [1.165, 1.54) is 34.9 Å². The lowest BCUT2D eigenvalue weighted by molar-refractivity contribution is 0.107. The molecule has 1 aromatic heterocycles. The van der Waals surface area contributed by atoms with Crippen LogP contribution in [0.4, 0.5) is 13.2 Å². The molecule has 0 bridgehead atoms. The zero-order valence-electron chi connectivity index (χ0n) is 24.3. The van der Waals surface area contributed by atoms with Crippen molar-refractivity contribution < 1.29 is 32.5 Å². The topological polar surface area (TPSA) is 86.1 Å². The normalized spacial score (nSPS) is 25.9. The molecule has 3 aromatic carbocycles. The molecule has 4 atom stereocenters. The first-order valence-electron chi connectivity index (χ1n) is 15.2. The Morgan fingerprint density at radius 2 is 2.07 bits per heavy atom. The van der Waals surface area contributed by atoms with Crippen LogP contribution in [-0.4, -0.2) is 70.8 Å². The summed E-state index contributed by atoms with van der Waals surface area (Å²) in [7, 11) is 0. The molecule has 1 N–H and O–H groups in total. The highest BCUT2D eigenvalue weighted by Crippen LogP contribution is 2.45. The number of aromatic nitrogens is 2. The third-order valence-electron chi connectivity index (χ3n) is 10.0. The average molecular weight is 618 g/mol. The van der Waals surface area contributed by atoms with Crippen molar-refractivity contribution in [2.24, 2.45) is 5.92 Å². The maximum atomic E-state index is 16.9. The summed E-state index contributed by atoms with van der Waals surface area (Å²) in [5.74, 6) is 0.573. The van der Waals surface area contributed by atoms with E-state index in [1.54, 1.807) is 0 Å². The number of ether oxygens (including phenoxy) is 3. The van der Waals surface area contributed by atoms with Crippen molar-refractivity contribution in [1.82, 2.24) is 14.5 Å². The highest BCUT2D eigenvalue weighted by atomic mass is 19.1. The number of benzene rings is 3. The van der Waals surface area contributed by atoms with Crippen molar-refractivity contribution in [2.75, 3.05) is 39.5 Å². The maximum Gasteiger partial charge on any atom is 0.314 e. The Bertz CT molecular complexity index is 1990. The van der Waals surface area contributed by atoms with Gasteiger partial charge in [-0.25, -0.2) is 18.2 Å². The van der Waals surface area contributed by atoms with Gasteiger partial charge in [0.05, 0.1) is 23.8 Å². The molecule has 3 saturated heterocycles. The van der Waals surface area contributed by atoms with Crippen molar-refractivity contribution in [3.63, 3.8) is 0 Å². The maximum absolute atomic E-state index is 16.9. The molecule has 45 heavy (non-hydrogen) atoms. The number of terminal acetylenes is 1. The molecule has 0 aliphatic carbocycles. The highest BCUT2D eigenvalue weighted by molar-refractivity contribution is 6.04. The smallest absolute Gasteiger partial charge is 0.314 e. The number of alkyl halides is 1. The first-order valence-corrected chi connectivity index (χ1v) is 15.2. The van der Waals surface area contributed by atoms with Gasteiger partial charge in [0.25, 0.3) is 5.88 Å². The van der Waals surface area contributed by atoms with Crippen LogP contribution < -0.4 is 15.0 Å². The molecule has 8 nitrogen and oxygen atoms in total. The second-order valence-corrected chi connectivity index (χ2v) is 12.5. The number of phenolic OH excluding ortho intramolecular Hbond substituents is 1. The van der Waals surface area contributed by atoms with E-state index in [9.17, 15) is 18.7 Å². The summed E-state index contributed by atoms with van der Waals surface area (Å²) < 4.78 is 65.7. The average Bonchev–Trinajstić information content (AvgIpc) is 3.76. The number of nitrogens with zero attached hydrogens (tertiary/aromatic N) is 3. The van der Waals surface area contributed by atoms with Gasteiger partial charge in [-0.05, 0) is 61.0 Å². The molecule has 3 unspecified atom stereocenters. The fraction of sp³-hybridized carbons (Fsp3) is 0.412. The minimum absolute atomic E-state index is 0.0385. The van der Waals surface area contributed by atoms with Gasteiger partial charge in [0, 0.05) is 36.4 Å². The Labute approximate surface area is 256 Å².